The van der Waals surface area contributed by atoms with Gasteiger partial charge in [0, 0.05) is 16.1 Å². The Bertz CT molecular complexity index is 379. The zero-order valence-corrected chi connectivity index (χ0v) is 8.05. The van der Waals surface area contributed by atoms with Crippen LogP contribution in [0.1, 0.15) is 17.2 Å². The Balaban J connectivity index is 3.24. The van der Waals surface area contributed by atoms with Crippen LogP contribution in [0.25, 0.3) is 0 Å². The zero-order chi connectivity index (χ0) is 10.9. The van der Waals surface area contributed by atoms with Gasteiger partial charge in [0.2, 0.25) is 0 Å². The van der Waals surface area contributed by atoms with Crippen molar-refractivity contribution in [3.05, 3.63) is 34.1 Å². The standard InChI is InChI=1S/C9H8ClFO3/c1-4-6(10)3-2-5(7(4)11)8(12)9(13)14/h2-3,8,12H,1H3,(H,13,14). The molecule has 0 aliphatic rings. The Morgan fingerprint density at radius 2 is 2.14 bits per heavy atom. The van der Waals surface area contributed by atoms with Crippen LogP contribution in [0.4, 0.5) is 4.39 Å². The van der Waals surface area contributed by atoms with Crippen molar-refractivity contribution in [3.8, 4) is 0 Å². The lowest BCUT2D eigenvalue weighted by Gasteiger charge is -2.09. The van der Waals surface area contributed by atoms with Gasteiger partial charge >= 0.3 is 5.97 Å². The first-order valence-electron chi connectivity index (χ1n) is 3.80. The van der Waals surface area contributed by atoms with E-state index in [2.05, 4.69) is 0 Å². The van der Waals surface area contributed by atoms with Crippen molar-refractivity contribution in [1.29, 1.82) is 0 Å². The Hall–Kier alpha value is -1.13. The van der Waals surface area contributed by atoms with Crippen molar-refractivity contribution in [1.82, 2.24) is 0 Å². The fraction of sp³-hybridized carbons (Fsp3) is 0.222. The Labute approximate surface area is 84.7 Å². The summed E-state index contributed by atoms with van der Waals surface area (Å²) in [6.45, 7) is 1.41. The van der Waals surface area contributed by atoms with Crippen LogP contribution < -0.4 is 0 Å². The minimum absolute atomic E-state index is 0.129. The number of aliphatic hydroxyl groups excluding tert-OH is 1. The molecule has 14 heavy (non-hydrogen) atoms. The molecule has 1 aromatic carbocycles. The van der Waals surface area contributed by atoms with Crippen LogP contribution in [-0.2, 0) is 4.79 Å². The van der Waals surface area contributed by atoms with Crippen molar-refractivity contribution < 1.29 is 19.4 Å². The van der Waals surface area contributed by atoms with Crippen LogP contribution in [0.5, 0.6) is 0 Å². The second-order valence-corrected chi connectivity index (χ2v) is 3.22. The van der Waals surface area contributed by atoms with Crippen molar-refractivity contribution >= 4 is 17.6 Å². The summed E-state index contributed by atoms with van der Waals surface area (Å²) in [7, 11) is 0. The van der Waals surface area contributed by atoms with E-state index in [4.69, 9.17) is 21.8 Å². The van der Waals surface area contributed by atoms with Crippen molar-refractivity contribution in [3.63, 3.8) is 0 Å². The Morgan fingerprint density at radius 1 is 1.57 bits per heavy atom. The van der Waals surface area contributed by atoms with Crippen LogP contribution >= 0.6 is 11.6 Å². The molecule has 0 amide bonds. The summed E-state index contributed by atoms with van der Waals surface area (Å²) >= 11 is 5.60. The molecular formula is C9H8ClFO3. The summed E-state index contributed by atoms with van der Waals surface area (Å²) in [6, 6.07) is 2.50. The average molecular weight is 219 g/mol. The maximum absolute atomic E-state index is 13.4. The molecule has 0 spiro atoms. The van der Waals surface area contributed by atoms with Gasteiger partial charge in [-0.15, -0.1) is 0 Å². The van der Waals surface area contributed by atoms with Crippen molar-refractivity contribution in [2.75, 3.05) is 0 Å². The summed E-state index contributed by atoms with van der Waals surface area (Å²) < 4.78 is 13.4. The second kappa shape index (κ2) is 3.94. The van der Waals surface area contributed by atoms with Crippen LogP contribution in [0, 0.1) is 12.7 Å². The lowest BCUT2D eigenvalue weighted by Crippen LogP contribution is -2.12. The molecule has 76 valence electrons. The number of aliphatic hydroxyl groups is 1. The van der Waals surface area contributed by atoms with Gasteiger partial charge < -0.3 is 10.2 Å². The molecule has 1 atom stereocenters. The summed E-state index contributed by atoms with van der Waals surface area (Å²) in [5, 5.41) is 17.8. The summed E-state index contributed by atoms with van der Waals surface area (Å²) in [6.07, 6.45) is -1.86. The zero-order valence-electron chi connectivity index (χ0n) is 7.29. The number of benzene rings is 1. The normalized spacial score (nSPS) is 12.6. The maximum Gasteiger partial charge on any atom is 0.337 e. The highest BCUT2D eigenvalue weighted by molar-refractivity contribution is 6.31. The summed E-state index contributed by atoms with van der Waals surface area (Å²) in [4.78, 5) is 10.4. The van der Waals surface area contributed by atoms with Gasteiger partial charge in [-0.1, -0.05) is 17.7 Å². The highest BCUT2D eigenvalue weighted by Gasteiger charge is 2.21. The Kier molecular flexibility index (Phi) is 3.08. The predicted octanol–water partition coefficient (Wildman–Crippen LogP) is 1.91. The highest BCUT2D eigenvalue weighted by atomic mass is 35.5. The first-order chi connectivity index (χ1) is 6.45. The van der Waals surface area contributed by atoms with Crippen LogP contribution in [-0.4, -0.2) is 16.2 Å². The van der Waals surface area contributed by atoms with E-state index in [-0.39, 0.29) is 16.1 Å². The van der Waals surface area contributed by atoms with Gasteiger partial charge in [-0.25, -0.2) is 9.18 Å². The third-order valence-electron chi connectivity index (χ3n) is 1.88. The summed E-state index contributed by atoms with van der Waals surface area (Å²) in [5.74, 6) is -2.28. The number of hydrogen-bond donors (Lipinski definition) is 2. The topological polar surface area (TPSA) is 57.5 Å². The quantitative estimate of drug-likeness (QED) is 0.797. The molecule has 0 radical (unpaired) electrons. The molecule has 0 saturated heterocycles. The van der Waals surface area contributed by atoms with Gasteiger partial charge in [0.1, 0.15) is 5.82 Å². The Morgan fingerprint density at radius 3 is 2.64 bits per heavy atom. The predicted molar refractivity (Wildman–Crippen MR) is 48.7 cm³/mol. The number of carboxylic acid groups (broad SMARTS) is 1. The monoisotopic (exact) mass is 218 g/mol. The van der Waals surface area contributed by atoms with Gasteiger partial charge in [-0.3, -0.25) is 0 Å². The van der Waals surface area contributed by atoms with E-state index in [9.17, 15) is 9.18 Å². The van der Waals surface area contributed by atoms with Crippen molar-refractivity contribution in [2.24, 2.45) is 0 Å². The molecule has 0 bridgehead atoms. The molecule has 5 heteroatoms. The molecule has 2 N–H and O–H groups in total. The van der Waals surface area contributed by atoms with E-state index in [1.807, 2.05) is 0 Å². The molecule has 1 rings (SSSR count). The third kappa shape index (κ3) is 1.86. The molecule has 3 nitrogen and oxygen atoms in total. The van der Waals surface area contributed by atoms with Gasteiger partial charge in [0.05, 0.1) is 0 Å². The van der Waals surface area contributed by atoms with E-state index in [0.29, 0.717) is 0 Å². The number of aliphatic carboxylic acids is 1. The fourth-order valence-corrected chi connectivity index (χ4v) is 1.17. The molecule has 0 aliphatic carbocycles. The average Bonchev–Trinajstić information content (AvgIpc) is 2.13. The number of carbonyl (C=O) groups is 1. The van der Waals surface area contributed by atoms with E-state index in [0.717, 1.165) is 6.07 Å². The van der Waals surface area contributed by atoms with Crippen LogP contribution in [0.3, 0.4) is 0 Å². The first-order valence-corrected chi connectivity index (χ1v) is 4.18. The largest absolute Gasteiger partial charge is 0.479 e. The van der Waals surface area contributed by atoms with E-state index >= 15 is 0 Å². The van der Waals surface area contributed by atoms with Gasteiger partial charge in [0.25, 0.3) is 0 Å². The van der Waals surface area contributed by atoms with E-state index in [1.165, 1.54) is 13.0 Å². The molecule has 0 aromatic heterocycles. The molecule has 0 saturated carbocycles. The number of halogens is 2. The molecular weight excluding hydrogens is 211 g/mol. The van der Waals surface area contributed by atoms with Crippen LogP contribution in [0.2, 0.25) is 5.02 Å². The minimum Gasteiger partial charge on any atom is -0.479 e. The third-order valence-corrected chi connectivity index (χ3v) is 2.29. The van der Waals surface area contributed by atoms with E-state index in [1.54, 1.807) is 0 Å². The summed E-state index contributed by atoms with van der Waals surface area (Å²) in [5.41, 5.74) is -0.149. The molecule has 0 fully saturated rings. The van der Waals surface area contributed by atoms with Crippen LogP contribution in [0.15, 0.2) is 12.1 Å². The maximum atomic E-state index is 13.4. The fourth-order valence-electron chi connectivity index (χ4n) is 1.03. The number of carboxylic acids is 1. The second-order valence-electron chi connectivity index (χ2n) is 2.82. The SMILES string of the molecule is Cc1c(Cl)ccc(C(O)C(=O)O)c1F. The van der Waals surface area contributed by atoms with Gasteiger partial charge in [-0.05, 0) is 13.0 Å². The molecule has 0 heterocycles. The molecule has 1 unspecified atom stereocenters. The number of hydrogen-bond acceptors (Lipinski definition) is 2. The number of rotatable bonds is 2. The first kappa shape index (κ1) is 10.9. The van der Waals surface area contributed by atoms with E-state index < -0.39 is 17.9 Å². The smallest absolute Gasteiger partial charge is 0.337 e. The highest BCUT2D eigenvalue weighted by Crippen LogP contribution is 2.25. The van der Waals surface area contributed by atoms with Crippen molar-refractivity contribution in [2.45, 2.75) is 13.0 Å². The lowest BCUT2D eigenvalue weighted by atomic mass is 10.1. The van der Waals surface area contributed by atoms with Gasteiger partial charge in [0.15, 0.2) is 6.10 Å². The minimum atomic E-state index is -1.86. The molecule has 0 aliphatic heterocycles. The van der Waals surface area contributed by atoms with Gasteiger partial charge in [-0.2, -0.15) is 0 Å². The lowest BCUT2D eigenvalue weighted by molar-refractivity contribution is -0.147. The molecule has 1 aromatic rings.